The molecular formula is C16H24N8OS. The molecule has 1 saturated heterocycles. The summed E-state index contributed by atoms with van der Waals surface area (Å²) in [6.07, 6.45) is 3.45. The van der Waals surface area contributed by atoms with Crippen LogP contribution in [-0.4, -0.2) is 67.6 Å². The third-order valence-electron chi connectivity index (χ3n) is 4.13. The Kier molecular flexibility index (Phi) is 5.30. The Morgan fingerprint density at radius 2 is 1.81 bits per heavy atom. The lowest BCUT2D eigenvalue weighted by Gasteiger charge is -2.34. The monoisotopic (exact) mass is 376 g/mol. The number of carbonyl (C=O) groups is 1. The van der Waals surface area contributed by atoms with Gasteiger partial charge in [0.2, 0.25) is 17.0 Å². The number of thioether (sulfide) groups is 1. The number of nitrogens with two attached hydrogens (primary N) is 1. The van der Waals surface area contributed by atoms with Gasteiger partial charge >= 0.3 is 0 Å². The van der Waals surface area contributed by atoms with Crippen molar-refractivity contribution in [2.45, 2.75) is 31.3 Å². The van der Waals surface area contributed by atoms with Crippen LogP contribution in [0, 0.1) is 0 Å². The maximum absolute atomic E-state index is 12.5. The lowest BCUT2D eigenvalue weighted by atomic mass is 9.96. The SMILES string of the molecule is CC(C)(C)c1nnc(SCC(=O)N2CCN(c3ncccn3)CC2)n1N. The second-order valence-electron chi connectivity index (χ2n) is 7.13. The first-order valence-corrected chi connectivity index (χ1v) is 9.48. The van der Waals surface area contributed by atoms with Gasteiger partial charge in [0.15, 0.2) is 5.82 Å². The topological polar surface area (TPSA) is 106 Å². The number of aromatic nitrogens is 5. The van der Waals surface area contributed by atoms with Crippen LogP contribution in [0.1, 0.15) is 26.6 Å². The van der Waals surface area contributed by atoms with E-state index in [0.717, 1.165) is 13.1 Å². The van der Waals surface area contributed by atoms with Crippen molar-refractivity contribution in [1.82, 2.24) is 29.7 Å². The summed E-state index contributed by atoms with van der Waals surface area (Å²) in [7, 11) is 0. The Labute approximate surface area is 157 Å². The Morgan fingerprint density at radius 3 is 2.38 bits per heavy atom. The number of nitrogen functional groups attached to an aromatic ring is 1. The molecule has 0 saturated carbocycles. The highest BCUT2D eigenvalue weighted by Crippen LogP contribution is 2.23. The molecule has 0 atom stereocenters. The second kappa shape index (κ2) is 7.48. The maximum Gasteiger partial charge on any atom is 0.233 e. The van der Waals surface area contributed by atoms with E-state index in [1.165, 1.54) is 16.4 Å². The van der Waals surface area contributed by atoms with Crippen molar-refractivity contribution >= 4 is 23.6 Å². The van der Waals surface area contributed by atoms with Crippen molar-refractivity contribution in [3.05, 3.63) is 24.3 Å². The largest absolute Gasteiger partial charge is 0.338 e. The van der Waals surface area contributed by atoms with Gasteiger partial charge in [0.25, 0.3) is 0 Å². The highest BCUT2D eigenvalue weighted by atomic mass is 32.2. The lowest BCUT2D eigenvalue weighted by Crippen LogP contribution is -2.49. The standard InChI is InChI=1S/C16H24N8OS/c1-16(2,3)13-20-21-15(24(13)17)26-11-12(25)22-7-9-23(10-8-22)14-18-5-4-6-19-14/h4-6H,7-11,17H2,1-3H3. The van der Waals surface area contributed by atoms with Gasteiger partial charge in [-0.05, 0) is 6.07 Å². The van der Waals surface area contributed by atoms with Crippen LogP contribution in [-0.2, 0) is 10.2 Å². The first-order valence-electron chi connectivity index (χ1n) is 8.50. The van der Waals surface area contributed by atoms with Gasteiger partial charge in [-0.2, -0.15) is 0 Å². The Hall–Kier alpha value is -2.36. The number of anilines is 1. The average molecular weight is 376 g/mol. The average Bonchev–Trinajstić information content (AvgIpc) is 3.01. The zero-order valence-electron chi connectivity index (χ0n) is 15.3. The third-order valence-corrected chi connectivity index (χ3v) is 5.06. The van der Waals surface area contributed by atoms with Crippen LogP contribution in [0.4, 0.5) is 5.95 Å². The zero-order valence-corrected chi connectivity index (χ0v) is 16.1. The van der Waals surface area contributed by atoms with Crippen LogP contribution in [0.2, 0.25) is 0 Å². The molecule has 0 bridgehead atoms. The number of hydrogen-bond donors (Lipinski definition) is 1. The van der Waals surface area contributed by atoms with Gasteiger partial charge in [-0.25, -0.2) is 14.6 Å². The maximum atomic E-state index is 12.5. The van der Waals surface area contributed by atoms with Crippen molar-refractivity contribution < 1.29 is 4.79 Å². The molecular weight excluding hydrogens is 352 g/mol. The van der Waals surface area contributed by atoms with Crippen LogP contribution in [0.3, 0.4) is 0 Å². The normalized spacial score (nSPS) is 15.3. The Morgan fingerprint density at radius 1 is 1.15 bits per heavy atom. The van der Waals surface area contributed by atoms with Crippen molar-refractivity contribution in [1.29, 1.82) is 0 Å². The molecule has 0 aromatic carbocycles. The van der Waals surface area contributed by atoms with E-state index in [9.17, 15) is 4.79 Å². The van der Waals surface area contributed by atoms with E-state index < -0.39 is 0 Å². The summed E-state index contributed by atoms with van der Waals surface area (Å²) < 4.78 is 1.47. The first-order chi connectivity index (χ1) is 12.4. The predicted molar refractivity (Wildman–Crippen MR) is 100 cm³/mol. The first kappa shape index (κ1) is 18.4. The van der Waals surface area contributed by atoms with E-state index in [0.29, 0.717) is 35.8 Å². The van der Waals surface area contributed by atoms with E-state index in [2.05, 4.69) is 25.1 Å². The molecule has 1 aliphatic rings. The van der Waals surface area contributed by atoms with Crippen LogP contribution >= 0.6 is 11.8 Å². The van der Waals surface area contributed by atoms with Crippen LogP contribution in [0.15, 0.2) is 23.6 Å². The van der Waals surface area contributed by atoms with E-state index in [1.807, 2.05) is 25.7 Å². The molecule has 0 unspecified atom stereocenters. The lowest BCUT2D eigenvalue weighted by molar-refractivity contribution is -0.128. The van der Waals surface area contributed by atoms with Crippen molar-refractivity contribution in [2.75, 3.05) is 42.7 Å². The minimum atomic E-state index is -0.194. The van der Waals surface area contributed by atoms with E-state index in [1.54, 1.807) is 18.5 Å². The van der Waals surface area contributed by atoms with Crippen LogP contribution in [0.25, 0.3) is 0 Å². The van der Waals surface area contributed by atoms with Gasteiger partial charge in [0.05, 0.1) is 5.75 Å². The molecule has 140 valence electrons. The van der Waals surface area contributed by atoms with E-state index in [-0.39, 0.29) is 11.3 Å². The van der Waals surface area contributed by atoms with Gasteiger partial charge in [-0.3, -0.25) is 4.79 Å². The highest BCUT2D eigenvalue weighted by Gasteiger charge is 2.25. The number of amides is 1. The molecule has 0 aliphatic carbocycles. The molecule has 2 aromatic heterocycles. The van der Waals surface area contributed by atoms with Crippen molar-refractivity contribution in [3.63, 3.8) is 0 Å². The summed E-state index contributed by atoms with van der Waals surface area (Å²) in [5.74, 6) is 7.83. The number of rotatable bonds is 4. The second-order valence-corrected chi connectivity index (χ2v) is 8.07. The summed E-state index contributed by atoms with van der Waals surface area (Å²) in [5.41, 5.74) is -0.194. The molecule has 3 heterocycles. The smallest absolute Gasteiger partial charge is 0.233 e. The zero-order chi connectivity index (χ0) is 18.7. The number of hydrogen-bond acceptors (Lipinski definition) is 8. The fraction of sp³-hybridized carbons (Fsp3) is 0.562. The number of carbonyl (C=O) groups excluding carboxylic acids is 1. The van der Waals surface area contributed by atoms with E-state index >= 15 is 0 Å². The molecule has 9 nitrogen and oxygen atoms in total. The van der Waals surface area contributed by atoms with Crippen molar-refractivity contribution in [3.8, 4) is 0 Å². The Balaban J connectivity index is 1.52. The summed E-state index contributed by atoms with van der Waals surface area (Å²) in [6, 6.07) is 1.79. The number of nitrogens with zero attached hydrogens (tertiary/aromatic N) is 7. The molecule has 2 N–H and O–H groups in total. The summed E-state index contributed by atoms with van der Waals surface area (Å²) in [6.45, 7) is 8.82. The van der Waals surface area contributed by atoms with Gasteiger partial charge in [0, 0.05) is 44.0 Å². The summed E-state index contributed by atoms with van der Waals surface area (Å²) in [4.78, 5) is 24.9. The molecule has 26 heavy (non-hydrogen) atoms. The fourth-order valence-electron chi connectivity index (χ4n) is 2.71. The van der Waals surface area contributed by atoms with Gasteiger partial charge < -0.3 is 15.6 Å². The third kappa shape index (κ3) is 4.06. The molecule has 0 radical (unpaired) electrons. The summed E-state index contributed by atoms with van der Waals surface area (Å²) >= 11 is 1.32. The molecule has 10 heteroatoms. The van der Waals surface area contributed by atoms with Crippen LogP contribution < -0.4 is 10.7 Å². The van der Waals surface area contributed by atoms with Crippen LogP contribution in [0.5, 0.6) is 0 Å². The quantitative estimate of drug-likeness (QED) is 0.608. The minimum absolute atomic E-state index is 0.0731. The molecule has 2 aromatic rings. The van der Waals surface area contributed by atoms with Gasteiger partial charge in [-0.1, -0.05) is 32.5 Å². The van der Waals surface area contributed by atoms with Gasteiger partial charge in [-0.15, -0.1) is 10.2 Å². The minimum Gasteiger partial charge on any atom is -0.338 e. The Bertz CT molecular complexity index is 749. The van der Waals surface area contributed by atoms with Crippen molar-refractivity contribution in [2.24, 2.45) is 0 Å². The van der Waals surface area contributed by atoms with Gasteiger partial charge in [0.1, 0.15) is 0 Å². The predicted octanol–water partition coefficient (Wildman–Crippen LogP) is 0.520. The summed E-state index contributed by atoms with van der Waals surface area (Å²) in [5, 5.41) is 8.80. The molecule has 1 fully saturated rings. The molecule has 1 amide bonds. The molecule has 1 aliphatic heterocycles. The number of piperazine rings is 1. The highest BCUT2D eigenvalue weighted by molar-refractivity contribution is 7.99. The molecule has 3 rings (SSSR count). The van der Waals surface area contributed by atoms with E-state index in [4.69, 9.17) is 5.84 Å². The molecule has 0 spiro atoms. The fourth-order valence-corrected chi connectivity index (χ4v) is 3.47.